The van der Waals surface area contributed by atoms with Gasteiger partial charge in [-0.1, -0.05) is 36.1 Å². The molecule has 3 aromatic rings. The Morgan fingerprint density at radius 1 is 1.05 bits per heavy atom. The SMILES string of the molecule is O=C(S)c1cc(C#Cc2ccccc2)cnc1-c1cccs1. The van der Waals surface area contributed by atoms with E-state index in [4.69, 9.17) is 0 Å². The normalized spacial score (nSPS) is 9.86. The minimum absolute atomic E-state index is 0.306. The van der Waals surface area contributed by atoms with Crippen LogP contribution in [-0.4, -0.2) is 10.1 Å². The van der Waals surface area contributed by atoms with Crippen molar-refractivity contribution < 1.29 is 4.79 Å². The molecule has 0 radical (unpaired) electrons. The zero-order valence-corrected chi connectivity index (χ0v) is 13.2. The van der Waals surface area contributed by atoms with Crippen molar-refractivity contribution >= 4 is 29.1 Å². The first-order valence-corrected chi connectivity index (χ1v) is 7.91. The molecule has 0 N–H and O–H groups in total. The monoisotopic (exact) mass is 321 g/mol. The molecule has 0 aliphatic heterocycles. The lowest BCUT2D eigenvalue weighted by molar-refractivity contribution is 0.109. The summed E-state index contributed by atoms with van der Waals surface area (Å²) in [4.78, 5) is 17.1. The highest BCUT2D eigenvalue weighted by atomic mass is 32.1. The molecule has 1 aromatic carbocycles. The van der Waals surface area contributed by atoms with Gasteiger partial charge in [-0.3, -0.25) is 9.78 Å². The van der Waals surface area contributed by atoms with Crippen molar-refractivity contribution in [1.82, 2.24) is 4.98 Å². The Morgan fingerprint density at radius 2 is 1.82 bits per heavy atom. The van der Waals surface area contributed by atoms with Crippen molar-refractivity contribution in [1.29, 1.82) is 0 Å². The summed E-state index contributed by atoms with van der Waals surface area (Å²) in [6, 6.07) is 15.3. The highest BCUT2D eigenvalue weighted by Gasteiger charge is 2.12. The van der Waals surface area contributed by atoms with Crippen LogP contribution in [0.2, 0.25) is 0 Å². The van der Waals surface area contributed by atoms with Gasteiger partial charge in [-0.25, -0.2) is 0 Å². The molecule has 0 spiro atoms. The van der Waals surface area contributed by atoms with Gasteiger partial charge in [0.05, 0.1) is 16.1 Å². The Labute approximate surface area is 138 Å². The predicted molar refractivity (Wildman–Crippen MR) is 93.3 cm³/mol. The number of thiophene rings is 1. The van der Waals surface area contributed by atoms with Crippen LogP contribution in [0.4, 0.5) is 0 Å². The molecule has 0 saturated heterocycles. The molecule has 2 heterocycles. The first kappa shape index (κ1) is 14.6. The van der Waals surface area contributed by atoms with Gasteiger partial charge in [0.25, 0.3) is 0 Å². The number of thiol groups is 1. The lowest BCUT2D eigenvalue weighted by atomic mass is 10.1. The second-order valence-corrected chi connectivity index (χ2v) is 5.87. The lowest BCUT2D eigenvalue weighted by Gasteiger charge is -2.03. The number of aromatic nitrogens is 1. The molecule has 0 saturated carbocycles. The molecule has 22 heavy (non-hydrogen) atoms. The lowest BCUT2D eigenvalue weighted by Crippen LogP contribution is -1.97. The van der Waals surface area contributed by atoms with E-state index in [1.54, 1.807) is 12.3 Å². The van der Waals surface area contributed by atoms with Crippen LogP contribution in [-0.2, 0) is 0 Å². The third-order valence-corrected chi connectivity index (χ3v) is 4.12. The van der Waals surface area contributed by atoms with Crippen LogP contribution >= 0.6 is 24.0 Å². The van der Waals surface area contributed by atoms with Gasteiger partial charge in [-0.15, -0.1) is 24.0 Å². The molecule has 106 valence electrons. The molecule has 2 nitrogen and oxygen atoms in total. The number of carbonyl (C=O) groups excluding carboxylic acids is 1. The van der Waals surface area contributed by atoms with E-state index in [1.807, 2.05) is 47.8 Å². The molecular formula is C18H11NOS2. The third kappa shape index (κ3) is 3.28. The number of benzene rings is 1. The Bertz CT molecular complexity index is 859. The van der Waals surface area contributed by atoms with Crippen LogP contribution in [0.25, 0.3) is 10.6 Å². The average Bonchev–Trinajstić information content (AvgIpc) is 3.08. The Balaban J connectivity index is 2.00. The summed E-state index contributed by atoms with van der Waals surface area (Å²) in [6.45, 7) is 0. The number of hydrogen-bond acceptors (Lipinski definition) is 3. The molecule has 0 bridgehead atoms. The fraction of sp³-hybridized carbons (Fsp3) is 0. The van der Waals surface area contributed by atoms with E-state index in [0.717, 1.165) is 10.4 Å². The van der Waals surface area contributed by atoms with Crippen molar-refractivity contribution in [2.75, 3.05) is 0 Å². The van der Waals surface area contributed by atoms with Gasteiger partial charge in [0.15, 0.2) is 0 Å². The number of carbonyl (C=O) groups is 1. The fourth-order valence-corrected chi connectivity index (χ4v) is 2.88. The summed E-state index contributed by atoms with van der Waals surface area (Å²) >= 11 is 5.49. The first-order chi connectivity index (χ1) is 10.7. The van der Waals surface area contributed by atoms with Crippen molar-refractivity contribution in [3.05, 3.63) is 76.8 Å². The molecule has 0 amide bonds. The summed E-state index contributed by atoms with van der Waals surface area (Å²) < 4.78 is 0. The highest BCUT2D eigenvalue weighted by molar-refractivity contribution is 7.97. The highest BCUT2D eigenvalue weighted by Crippen LogP contribution is 2.27. The molecule has 0 unspecified atom stereocenters. The molecule has 0 atom stereocenters. The Morgan fingerprint density at radius 3 is 2.50 bits per heavy atom. The van der Waals surface area contributed by atoms with Crippen molar-refractivity contribution in [3.8, 4) is 22.4 Å². The fourth-order valence-electron chi connectivity index (χ4n) is 1.97. The molecule has 4 heteroatoms. The third-order valence-electron chi connectivity index (χ3n) is 3.00. The van der Waals surface area contributed by atoms with Crippen molar-refractivity contribution in [2.45, 2.75) is 0 Å². The van der Waals surface area contributed by atoms with E-state index < -0.39 is 0 Å². The maximum absolute atomic E-state index is 11.8. The zero-order chi connectivity index (χ0) is 15.4. The summed E-state index contributed by atoms with van der Waals surface area (Å²) in [6.07, 6.45) is 1.69. The van der Waals surface area contributed by atoms with Gasteiger partial charge in [0.2, 0.25) is 5.12 Å². The standard InChI is InChI=1S/C18H11NOS2/c20-18(21)15-11-14(9-8-13-5-2-1-3-6-13)12-19-17(15)16-7-4-10-22-16/h1-7,10-12H,(H,20,21). The van der Waals surface area contributed by atoms with E-state index in [1.165, 1.54) is 11.3 Å². The van der Waals surface area contributed by atoms with Gasteiger partial charge in [0, 0.05) is 17.3 Å². The van der Waals surface area contributed by atoms with Gasteiger partial charge >= 0.3 is 0 Å². The van der Waals surface area contributed by atoms with Gasteiger partial charge in [-0.2, -0.15) is 0 Å². The second kappa shape index (κ2) is 6.61. The zero-order valence-electron chi connectivity index (χ0n) is 11.5. The molecule has 0 fully saturated rings. The van der Waals surface area contributed by atoms with Crippen LogP contribution in [0.3, 0.4) is 0 Å². The van der Waals surface area contributed by atoms with E-state index in [0.29, 0.717) is 16.8 Å². The van der Waals surface area contributed by atoms with Crippen molar-refractivity contribution in [3.63, 3.8) is 0 Å². The molecule has 3 rings (SSSR count). The average molecular weight is 321 g/mol. The quantitative estimate of drug-likeness (QED) is 0.564. The Hall–Kier alpha value is -2.35. The molecule has 2 aromatic heterocycles. The van der Waals surface area contributed by atoms with E-state index >= 15 is 0 Å². The molecule has 0 aliphatic carbocycles. The van der Waals surface area contributed by atoms with Crippen LogP contribution in [0.5, 0.6) is 0 Å². The largest absolute Gasteiger partial charge is 0.282 e. The van der Waals surface area contributed by atoms with E-state index in [2.05, 4.69) is 29.5 Å². The van der Waals surface area contributed by atoms with Crippen LogP contribution in [0.15, 0.2) is 60.1 Å². The number of nitrogens with zero attached hydrogens (tertiary/aromatic N) is 1. The number of pyridine rings is 1. The van der Waals surface area contributed by atoms with E-state index in [-0.39, 0.29) is 5.12 Å². The van der Waals surface area contributed by atoms with Crippen LogP contribution in [0, 0.1) is 11.8 Å². The van der Waals surface area contributed by atoms with Gasteiger partial charge in [-0.05, 0) is 29.6 Å². The van der Waals surface area contributed by atoms with E-state index in [9.17, 15) is 4.79 Å². The summed E-state index contributed by atoms with van der Waals surface area (Å²) in [5.74, 6) is 6.09. The maximum Gasteiger partial charge on any atom is 0.218 e. The van der Waals surface area contributed by atoms with Crippen LogP contribution in [0.1, 0.15) is 21.5 Å². The number of hydrogen-bond donors (Lipinski definition) is 1. The van der Waals surface area contributed by atoms with Gasteiger partial charge < -0.3 is 0 Å². The second-order valence-electron chi connectivity index (χ2n) is 4.52. The summed E-state index contributed by atoms with van der Waals surface area (Å²) in [7, 11) is 0. The minimum atomic E-state index is -0.306. The topological polar surface area (TPSA) is 30.0 Å². The molecular weight excluding hydrogens is 310 g/mol. The van der Waals surface area contributed by atoms with Gasteiger partial charge in [0.1, 0.15) is 0 Å². The maximum atomic E-state index is 11.8. The number of rotatable bonds is 2. The summed E-state index contributed by atoms with van der Waals surface area (Å²) in [5, 5.41) is 1.65. The smallest absolute Gasteiger partial charge is 0.218 e. The Kier molecular flexibility index (Phi) is 4.38. The van der Waals surface area contributed by atoms with Crippen molar-refractivity contribution in [2.24, 2.45) is 0 Å². The predicted octanol–water partition coefficient (Wildman–Crippen LogP) is 4.28. The molecule has 0 aliphatic rings. The first-order valence-electron chi connectivity index (χ1n) is 6.58. The summed E-state index contributed by atoms with van der Waals surface area (Å²) in [5.41, 5.74) is 2.75. The minimum Gasteiger partial charge on any atom is -0.282 e. The van der Waals surface area contributed by atoms with Crippen LogP contribution < -0.4 is 0 Å².